The lowest BCUT2D eigenvalue weighted by molar-refractivity contribution is 0.346. The maximum atomic E-state index is 12.9. The number of hydrogen-bond acceptors (Lipinski definition) is 4. The Kier molecular flexibility index (Phi) is 10.7. The minimum atomic E-state index is -3.41. The lowest BCUT2D eigenvalue weighted by Crippen LogP contribution is -2.42. The zero-order valence-electron chi connectivity index (χ0n) is 18.0. The van der Waals surface area contributed by atoms with Crippen LogP contribution in [0.3, 0.4) is 0 Å². The molecule has 2 atom stereocenters. The van der Waals surface area contributed by atoms with Crippen molar-refractivity contribution < 1.29 is 8.42 Å². The van der Waals surface area contributed by atoms with Crippen LogP contribution in [0.25, 0.3) is 0 Å². The van der Waals surface area contributed by atoms with Gasteiger partial charge in [0.1, 0.15) is 0 Å². The normalized spacial score (nSPS) is 23.1. The smallest absolute Gasteiger partial charge is 0.243 e. The average molecular weight is 567 g/mol. The fourth-order valence-electron chi connectivity index (χ4n) is 4.03. The Morgan fingerprint density at radius 2 is 2.00 bits per heavy atom. The molecule has 2 fully saturated rings. The van der Waals surface area contributed by atoms with Crippen LogP contribution in [0.4, 0.5) is 0 Å². The Labute approximate surface area is 203 Å². The van der Waals surface area contributed by atoms with Gasteiger partial charge in [-0.15, -0.1) is 24.0 Å². The summed E-state index contributed by atoms with van der Waals surface area (Å²) in [6.07, 6.45) is 8.75. The maximum absolute atomic E-state index is 12.9. The summed E-state index contributed by atoms with van der Waals surface area (Å²) < 4.78 is 27.5. The first-order valence-electron chi connectivity index (χ1n) is 10.7. The minimum absolute atomic E-state index is 0. The molecule has 0 radical (unpaired) electrons. The third kappa shape index (κ3) is 7.00. The third-order valence-corrected chi connectivity index (χ3v) is 8.66. The number of piperidine rings is 1. The van der Waals surface area contributed by atoms with Crippen LogP contribution in [0.15, 0.2) is 34.2 Å². The molecule has 2 unspecified atom stereocenters. The molecule has 1 saturated heterocycles. The van der Waals surface area contributed by atoms with E-state index in [-0.39, 0.29) is 24.0 Å². The molecule has 170 valence electrons. The van der Waals surface area contributed by atoms with Gasteiger partial charge < -0.3 is 10.6 Å². The third-order valence-electron chi connectivity index (χ3n) is 5.67. The predicted octanol–water partition coefficient (Wildman–Crippen LogP) is 3.82. The molecule has 2 aliphatic rings. The van der Waals surface area contributed by atoms with E-state index < -0.39 is 10.0 Å². The molecule has 0 aromatic heterocycles. The number of rotatable bonds is 7. The Morgan fingerprint density at radius 3 is 2.67 bits per heavy atom. The molecule has 1 saturated carbocycles. The van der Waals surface area contributed by atoms with Gasteiger partial charge in [0, 0.05) is 30.9 Å². The van der Waals surface area contributed by atoms with Crippen molar-refractivity contribution in [2.75, 3.05) is 25.9 Å². The number of halogens is 1. The van der Waals surface area contributed by atoms with Crippen molar-refractivity contribution >= 4 is 51.7 Å². The maximum Gasteiger partial charge on any atom is 0.243 e. The molecule has 3 rings (SSSR count). The van der Waals surface area contributed by atoms with E-state index in [0.29, 0.717) is 30.6 Å². The van der Waals surface area contributed by atoms with Gasteiger partial charge in [0.15, 0.2) is 5.96 Å². The van der Waals surface area contributed by atoms with Gasteiger partial charge in [-0.1, -0.05) is 18.6 Å². The number of aliphatic imine (C=N–C) groups is 1. The zero-order chi connectivity index (χ0) is 20.7. The molecule has 0 amide bonds. The van der Waals surface area contributed by atoms with Crippen molar-refractivity contribution in [3.8, 4) is 0 Å². The molecule has 1 heterocycles. The van der Waals surface area contributed by atoms with E-state index >= 15 is 0 Å². The summed E-state index contributed by atoms with van der Waals surface area (Å²) in [4.78, 5) is 5.09. The molecule has 30 heavy (non-hydrogen) atoms. The van der Waals surface area contributed by atoms with Crippen molar-refractivity contribution in [3.63, 3.8) is 0 Å². The number of nitrogens with zero attached hydrogens (tertiary/aromatic N) is 2. The van der Waals surface area contributed by atoms with Crippen molar-refractivity contribution in [1.29, 1.82) is 0 Å². The Balaban J connectivity index is 0.00000320. The highest BCUT2D eigenvalue weighted by atomic mass is 127. The average Bonchev–Trinajstić information content (AvgIpc) is 3.20. The molecular formula is C21H35IN4O2S2. The van der Waals surface area contributed by atoms with Crippen molar-refractivity contribution in [2.24, 2.45) is 4.99 Å². The Morgan fingerprint density at radius 1 is 1.23 bits per heavy atom. The lowest BCUT2D eigenvalue weighted by Gasteiger charge is -2.26. The number of guanidine groups is 1. The van der Waals surface area contributed by atoms with E-state index in [1.807, 2.05) is 23.9 Å². The van der Waals surface area contributed by atoms with Gasteiger partial charge in [-0.3, -0.25) is 0 Å². The Bertz CT molecular complexity index is 798. The van der Waals surface area contributed by atoms with Crippen molar-refractivity contribution in [1.82, 2.24) is 14.9 Å². The van der Waals surface area contributed by atoms with Gasteiger partial charge in [0.05, 0.1) is 11.4 Å². The lowest BCUT2D eigenvalue weighted by atomic mass is 10.2. The summed E-state index contributed by atoms with van der Waals surface area (Å²) >= 11 is 1.94. The van der Waals surface area contributed by atoms with Crippen LogP contribution in [0.5, 0.6) is 0 Å². The summed E-state index contributed by atoms with van der Waals surface area (Å²) in [5, 5.41) is 7.59. The van der Waals surface area contributed by atoms with E-state index in [4.69, 9.17) is 4.99 Å². The second-order valence-corrected chi connectivity index (χ2v) is 10.9. The first-order chi connectivity index (χ1) is 14.0. The van der Waals surface area contributed by atoms with Crippen LogP contribution in [0.1, 0.15) is 51.0 Å². The van der Waals surface area contributed by atoms with Crippen LogP contribution in [0, 0.1) is 0 Å². The topological polar surface area (TPSA) is 73.8 Å². The quantitative estimate of drug-likeness (QED) is 0.298. The van der Waals surface area contributed by atoms with Gasteiger partial charge in [-0.2, -0.15) is 16.1 Å². The molecule has 6 nitrogen and oxygen atoms in total. The highest BCUT2D eigenvalue weighted by molar-refractivity contribution is 14.0. The second-order valence-electron chi connectivity index (χ2n) is 7.82. The van der Waals surface area contributed by atoms with Crippen LogP contribution >= 0.6 is 35.7 Å². The Hall–Kier alpha value is -0.520. The van der Waals surface area contributed by atoms with E-state index in [0.717, 1.165) is 49.0 Å². The minimum Gasteiger partial charge on any atom is -0.357 e. The molecule has 1 aliphatic heterocycles. The van der Waals surface area contributed by atoms with Gasteiger partial charge in [-0.25, -0.2) is 13.4 Å². The van der Waals surface area contributed by atoms with E-state index in [2.05, 4.69) is 23.8 Å². The molecule has 2 N–H and O–H groups in total. The van der Waals surface area contributed by atoms with Crippen LogP contribution in [-0.2, 0) is 16.6 Å². The monoisotopic (exact) mass is 566 g/mol. The molecule has 1 aliphatic carbocycles. The highest BCUT2D eigenvalue weighted by Crippen LogP contribution is 2.28. The number of thioether (sulfide) groups is 1. The fraction of sp³-hybridized carbons (Fsp3) is 0.667. The van der Waals surface area contributed by atoms with Crippen molar-refractivity contribution in [3.05, 3.63) is 29.8 Å². The summed E-state index contributed by atoms with van der Waals surface area (Å²) in [5.74, 6) is 0.809. The summed E-state index contributed by atoms with van der Waals surface area (Å²) in [6.45, 7) is 4.56. The number of hydrogen-bond donors (Lipinski definition) is 2. The van der Waals surface area contributed by atoms with E-state index in [9.17, 15) is 8.42 Å². The summed E-state index contributed by atoms with van der Waals surface area (Å²) in [6, 6.07) is 7.69. The molecule has 9 heteroatoms. The van der Waals surface area contributed by atoms with Gasteiger partial charge in [0.2, 0.25) is 10.0 Å². The van der Waals surface area contributed by atoms with E-state index in [1.54, 1.807) is 16.4 Å². The predicted molar refractivity (Wildman–Crippen MR) is 137 cm³/mol. The zero-order valence-corrected chi connectivity index (χ0v) is 21.9. The molecule has 0 bridgehead atoms. The summed E-state index contributed by atoms with van der Waals surface area (Å²) in [5.41, 5.74) is 0.911. The van der Waals surface area contributed by atoms with Crippen LogP contribution < -0.4 is 10.6 Å². The number of benzene rings is 1. The van der Waals surface area contributed by atoms with Crippen molar-refractivity contribution in [2.45, 2.75) is 68.2 Å². The van der Waals surface area contributed by atoms with Gasteiger partial charge in [-0.05, 0) is 63.0 Å². The number of sulfonamides is 1. The SMILES string of the molecule is CCNC(=NCc1cccc(S(=O)(=O)N2CCCCC2)c1)NC1CCC(SC)C1.I. The number of nitrogens with one attached hydrogen (secondary N) is 2. The van der Waals surface area contributed by atoms with Crippen LogP contribution in [-0.4, -0.2) is 55.9 Å². The molecular weight excluding hydrogens is 531 g/mol. The standard InChI is InChI=1S/C21H34N4O2S2.HI/c1-3-22-21(24-18-10-11-19(15-18)28-2)23-16-17-8-7-9-20(14-17)29(26,27)25-12-5-4-6-13-25;/h7-9,14,18-19H,3-6,10-13,15-16H2,1-2H3,(H2,22,23,24);1H. The highest BCUT2D eigenvalue weighted by Gasteiger charge is 2.26. The molecule has 1 aromatic rings. The largest absolute Gasteiger partial charge is 0.357 e. The molecule has 1 aromatic carbocycles. The summed E-state index contributed by atoms with van der Waals surface area (Å²) in [7, 11) is -3.41. The molecule has 0 spiro atoms. The van der Waals surface area contributed by atoms with E-state index in [1.165, 1.54) is 12.8 Å². The van der Waals surface area contributed by atoms with Gasteiger partial charge >= 0.3 is 0 Å². The first-order valence-corrected chi connectivity index (χ1v) is 13.4. The fourth-order valence-corrected chi connectivity index (χ4v) is 6.41. The van der Waals surface area contributed by atoms with Gasteiger partial charge in [0.25, 0.3) is 0 Å². The second kappa shape index (κ2) is 12.5. The van der Waals surface area contributed by atoms with Crippen LogP contribution in [0.2, 0.25) is 0 Å². The first kappa shape index (κ1) is 25.7.